The summed E-state index contributed by atoms with van der Waals surface area (Å²) in [6, 6.07) is 0. The summed E-state index contributed by atoms with van der Waals surface area (Å²) < 4.78 is 32.7. The fourth-order valence-electron chi connectivity index (χ4n) is 5.89. The topological polar surface area (TPSA) is 134 Å². The Kier molecular flexibility index (Phi) is 42.6. The van der Waals surface area contributed by atoms with E-state index in [2.05, 4.69) is 86.8 Å². The van der Waals surface area contributed by atoms with Crippen LogP contribution in [0.25, 0.3) is 0 Å². The van der Waals surface area contributed by atoms with Crippen molar-refractivity contribution in [2.75, 3.05) is 26.4 Å². The monoisotopic (exact) mass is 846 g/mol. The van der Waals surface area contributed by atoms with Crippen LogP contribution in [0.3, 0.4) is 0 Å². The van der Waals surface area contributed by atoms with E-state index in [1.807, 2.05) is 12.2 Å². The number of carbonyl (C=O) groups is 2. The second kappa shape index (κ2) is 44.7. The fourth-order valence-corrected chi connectivity index (χ4v) is 6.65. The number of ether oxygens (including phenoxy) is 2. The molecule has 59 heavy (non-hydrogen) atoms. The number of hydrogen-bond donors (Lipinski definition) is 2. The molecule has 0 amide bonds. The minimum absolute atomic E-state index is 0.0396. The third-order valence-electron chi connectivity index (χ3n) is 9.28. The van der Waals surface area contributed by atoms with Crippen molar-refractivity contribution in [2.45, 2.75) is 187 Å². The molecule has 0 aromatic carbocycles. The minimum atomic E-state index is -4.40. The summed E-state index contributed by atoms with van der Waals surface area (Å²) in [5.41, 5.74) is 5.35. The first-order chi connectivity index (χ1) is 28.8. The van der Waals surface area contributed by atoms with Crippen LogP contribution in [0.15, 0.2) is 85.1 Å². The highest BCUT2D eigenvalue weighted by atomic mass is 31.2. The van der Waals surface area contributed by atoms with Crippen LogP contribution in [0, 0.1) is 0 Å². The molecule has 0 spiro atoms. The van der Waals surface area contributed by atoms with E-state index < -0.39 is 32.5 Å². The Hall–Kier alpha value is -2.81. The first kappa shape index (κ1) is 56.2. The molecular formula is C49H84NO8P. The van der Waals surface area contributed by atoms with E-state index in [-0.39, 0.29) is 32.6 Å². The van der Waals surface area contributed by atoms with Gasteiger partial charge in [0.2, 0.25) is 0 Å². The van der Waals surface area contributed by atoms with Crippen LogP contribution in [-0.4, -0.2) is 49.3 Å². The fraction of sp³-hybridized carbons (Fsp3) is 0.673. The predicted octanol–water partition coefficient (Wildman–Crippen LogP) is 13.6. The molecule has 0 radical (unpaired) electrons. The maximum Gasteiger partial charge on any atom is 0.472 e. The maximum absolute atomic E-state index is 12.6. The minimum Gasteiger partial charge on any atom is -0.462 e. The smallest absolute Gasteiger partial charge is 0.462 e. The van der Waals surface area contributed by atoms with Crippen molar-refractivity contribution in [2.24, 2.45) is 5.73 Å². The number of allylic oxidation sites excluding steroid dienone is 14. The third-order valence-corrected chi connectivity index (χ3v) is 10.3. The average molecular weight is 846 g/mol. The van der Waals surface area contributed by atoms with Crippen molar-refractivity contribution in [3.63, 3.8) is 0 Å². The Labute approximate surface area is 360 Å². The summed E-state index contributed by atoms with van der Waals surface area (Å²) >= 11 is 0. The van der Waals surface area contributed by atoms with E-state index >= 15 is 0 Å². The van der Waals surface area contributed by atoms with E-state index in [0.29, 0.717) is 12.8 Å². The quantitative estimate of drug-likeness (QED) is 0.0266. The molecule has 0 aliphatic carbocycles. The number of carbonyl (C=O) groups excluding carboxylic acids is 2. The maximum atomic E-state index is 12.6. The lowest BCUT2D eigenvalue weighted by Gasteiger charge is -2.19. The van der Waals surface area contributed by atoms with Crippen molar-refractivity contribution in [3.8, 4) is 0 Å². The lowest BCUT2D eigenvalue weighted by Crippen LogP contribution is -2.29. The standard InChI is InChI=1S/C49H84NO8P/c1-3-5-7-9-11-13-15-17-19-21-23-25-27-29-31-33-35-37-39-41-48(51)55-45-47(46-57-59(53,54)56-44-43-50)58-49(52)42-40-38-36-34-32-30-28-26-24-22-20-18-16-14-12-10-8-6-4-2/h5,7,11,13,17-20,23,25,29,31,35,37,47H,3-4,6,8-10,12,14-16,21-22,24,26-28,30,32-34,36,38-46,50H2,1-2H3,(H,53,54). The number of esters is 2. The number of phosphoric ester groups is 1. The molecule has 338 valence electrons. The zero-order valence-electron chi connectivity index (χ0n) is 37.2. The molecule has 0 aliphatic rings. The van der Waals surface area contributed by atoms with E-state index in [9.17, 15) is 19.0 Å². The zero-order chi connectivity index (χ0) is 43.2. The Balaban J connectivity index is 4.24. The zero-order valence-corrected chi connectivity index (χ0v) is 38.1. The Morgan fingerprint density at radius 1 is 0.525 bits per heavy atom. The van der Waals surface area contributed by atoms with Gasteiger partial charge in [-0.3, -0.25) is 18.6 Å². The van der Waals surface area contributed by atoms with Gasteiger partial charge in [-0.15, -0.1) is 0 Å². The largest absolute Gasteiger partial charge is 0.472 e. The molecule has 0 bridgehead atoms. The van der Waals surface area contributed by atoms with Gasteiger partial charge in [0.1, 0.15) is 6.61 Å². The Bertz CT molecular complexity index is 1240. The highest BCUT2D eigenvalue weighted by molar-refractivity contribution is 7.47. The molecule has 3 N–H and O–H groups in total. The molecule has 0 heterocycles. The molecule has 10 heteroatoms. The first-order valence-corrected chi connectivity index (χ1v) is 24.6. The molecule has 0 saturated carbocycles. The van der Waals surface area contributed by atoms with Gasteiger partial charge in [0, 0.05) is 19.4 Å². The van der Waals surface area contributed by atoms with Crippen LogP contribution in [0.1, 0.15) is 181 Å². The van der Waals surface area contributed by atoms with E-state index in [1.165, 1.54) is 83.5 Å². The molecule has 0 aromatic heterocycles. The summed E-state index contributed by atoms with van der Waals surface area (Å²) in [5, 5.41) is 0. The number of nitrogens with two attached hydrogens (primary N) is 1. The molecule has 9 nitrogen and oxygen atoms in total. The average Bonchev–Trinajstić information content (AvgIpc) is 3.22. The van der Waals surface area contributed by atoms with Gasteiger partial charge in [0.05, 0.1) is 13.2 Å². The van der Waals surface area contributed by atoms with E-state index in [1.54, 1.807) is 0 Å². The molecule has 0 aromatic rings. The normalized spacial score (nSPS) is 14.0. The molecule has 0 rings (SSSR count). The molecule has 2 atom stereocenters. The van der Waals surface area contributed by atoms with E-state index in [0.717, 1.165) is 57.8 Å². The van der Waals surface area contributed by atoms with Gasteiger partial charge in [-0.05, 0) is 77.0 Å². The van der Waals surface area contributed by atoms with Gasteiger partial charge in [-0.2, -0.15) is 0 Å². The molecule has 0 aliphatic heterocycles. The van der Waals surface area contributed by atoms with Crippen molar-refractivity contribution in [1.29, 1.82) is 0 Å². The van der Waals surface area contributed by atoms with Crippen molar-refractivity contribution >= 4 is 19.8 Å². The van der Waals surface area contributed by atoms with Gasteiger partial charge in [-0.25, -0.2) is 4.57 Å². The van der Waals surface area contributed by atoms with E-state index in [4.69, 9.17) is 24.3 Å². The molecular weight excluding hydrogens is 762 g/mol. The van der Waals surface area contributed by atoms with Crippen LogP contribution < -0.4 is 5.73 Å². The van der Waals surface area contributed by atoms with Crippen LogP contribution in [0.5, 0.6) is 0 Å². The number of phosphoric acid groups is 1. The molecule has 0 saturated heterocycles. The Morgan fingerprint density at radius 2 is 0.966 bits per heavy atom. The SMILES string of the molecule is CCC=CCC=CCC=CCC=CCC=CCC=CCCC(=O)OCC(COP(=O)(O)OCCN)OC(=O)CCCCCCCCCCCC=CCCCCCCCC. The highest BCUT2D eigenvalue weighted by Gasteiger charge is 2.25. The van der Waals surface area contributed by atoms with Crippen molar-refractivity contribution < 1.29 is 37.6 Å². The third kappa shape index (κ3) is 44.6. The van der Waals surface area contributed by atoms with Gasteiger partial charge in [0.25, 0.3) is 0 Å². The van der Waals surface area contributed by atoms with Crippen LogP contribution in [0.4, 0.5) is 0 Å². The second-order valence-corrected chi connectivity index (χ2v) is 16.3. The second-order valence-electron chi connectivity index (χ2n) is 14.9. The first-order valence-electron chi connectivity index (χ1n) is 23.1. The summed E-state index contributed by atoms with van der Waals surface area (Å²) in [6.07, 6.45) is 56.3. The number of rotatable bonds is 42. The van der Waals surface area contributed by atoms with Crippen LogP contribution in [0.2, 0.25) is 0 Å². The van der Waals surface area contributed by atoms with Gasteiger partial charge in [0.15, 0.2) is 6.10 Å². The van der Waals surface area contributed by atoms with Gasteiger partial charge >= 0.3 is 19.8 Å². The summed E-state index contributed by atoms with van der Waals surface area (Å²) in [4.78, 5) is 34.9. The number of unbranched alkanes of at least 4 members (excludes halogenated alkanes) is 15. The van der Waals surface area contributed by atoms with Gasteiger partial charge < -0.3 is 20.1 Å². The highest BCUT2D eigenvalue weighted by Crippen LogP contribution is 2.43. The van der Waals surface area contributed by atoms with Crippen molar-refractivity contribution in [3.05, 3.63) is 85.1 Å². The molecule has 2 unspecified atom stereocenters. The lowest BCUT2D eigenvalue weighted by molar-refractivity contribution is -0.161. The summed E-state index contributed by atoms with van der Waals surface area (Å²) in [7, 11) is -4.40. The van der Waals surface area contributed by atoms with Crippen LogP contribution >= 0.6 is 7.82 Å². The lowest BCUT2D eigenvalue weighted by atomic mass is 10.1. The summed E-state index contributed by atoms with van der Waals surface area (Å²) in [5.74, 6) is -0.933. The van der Waals surface area contributed by atoms with Gasteiger partial charge in [-0.1, -0.05) is 176 Å². The summed E-state index contributed by atoms with van der Waals surface area (Å²) in [6.45, 7) is 3.52. The number of hydrogen-bond acceptors (Lipinski definition) is 8. The molecule has 0 fully saturated rings. The van der Waals surface area contributed by atoms with Crippen LogP contribution in [-0.2, 0) is 32.7 Å². The Morgan fingerprint density at radius 3 is 1.46 bits per heavy atom. The predicted molar refractivity (Wildman–Crippen MR) is 247 cm³/mol. The van der Waals surface area contributed by atoms with Crippen molar-refractivity contribution in [1.82, 2.24) is 0 Å².